The summed E-state index contributed by atoms with van der Waals surface area (Å²) in [7, 11) is 0. The molecule has 4 aromatic rings. The molecule has 0 unspecified atom stereocenters. The van der Waals surface area contributed by atoms with Gasteiger partial charge in [0, 0.05) is 10.9 Å². The predicted octanol–water partition coefficient (Wildman–Crippen LogP) is 2.73. The van der Waals surface area contributed by atoms with Crippen molar-refractivity contribution >= 4 is 23.1 Å². The van der Waals surface area contributed by atoms with Crippen LogP contribution < -0.4 is 0 Å². The van der Waals surface area contributed by atoms with Crippen LogP contribution >= 0.6 is 23.1 Å². The number of rotatable bonds is 6. The molecule has 0 bridgehead atoms. The van der Waals surface area contributed by atoms with Crippen molar-refractivity contribution in [2.45, 2.75) is 31.4 Å². The second-order valence-corrected chi connectivity index (χ2v) is 6.86. The van der Waals surface area contributed by atoms with Gasteiger partial charge in [-0.3, -0.25) is 0 Å². The lowest BCUT2D eigenvalue weighted by atomic mass is 10.3. The van der Waals surface area contributed by atoms with Crippen molar-refractivity contribution in [2.24, 2.45) is 0 Å². The van der Waals surface area contributed by atoms with Gasteiger partial charge in [0.2, 0.25) is 17.6 Å². The first kappa shape index (κ1) is 16.0. The summed E-state index contributed by atoms with van der Waals surface area (Å²) in [6.07, 6.45) is 0. The number of aromatic nitrogens is 7. The third kappa shape index (κ3) is 3.61. The van der Waals surface area contributed by atoms with E-state index in [-0.39, 0.29) is 6.54 Å². The standard InChI is InChI=1S/C14H13N7O2S2/c1-8-9(2)22-12(15-8)7-25-14-18-16-11(23-14)5-21-19-13(17-20-21)10-3-4-24-6-10/h3-4,6H,5,7H2,1-2H3. The lowest BCUT2D eigenvalue weighted by Crippen LogP contribution is -2.04. The van der Waals surface area contributed by atoms with Crippen LogP contribution in [-0.2, 0) is 12.3 Å². The maximum atomic E-state index is 5.59. The van der Waals surface area contributed by atoms with Crippen LogP contribution in [0, 0.1) is 13.8 Å². The highest BCUT2D eigenvalue weighted by molar-refractivity contribution is 7.98. The Morgan fingerprint density at radius 3 is 2.84 bits per heavy atom. The fraction of sp³-hybridized carbons (Fsp3) is 0.286. The highest BCUT2D eigenvalue weighted by Crippen LogP contribution is 2.22. The van der Waals surface area contributed by atoms with E-state index in [1.807, 2.05) is 30.7 Å². The molecule has 9 nitrogen and oxygen atoms in total. The van der Waals surface area contributed by atoms with Gasteiger partial charge in [-0.15, -0.1) is 20.4 Å². The molecular formula is C14H13N7O2S2. The third-order valence-corrected chi connectivity index (χ3v) is 4.84. The number of hydrogen-bond acceptors (Lipinski definition) is 10. The minimum atomic E-state index is 0.266. The first-order chi connectivity index (χ1) is 12.2. The fourth-order valence-corrected chi connectivity index (χ4v) is 3.28. The van der Waals surface area contributed by atoms with Gasteiger partial charge in [-0.2, -0.15) is 16.1 Å². The number of hydrogen-bond donors (Lipinski definition) is 0. The van der Waals surface area contributed by atoms with Gasteiger partial charge in [0.15, 0.2) is 0 Å². The highest BCUT2D eigenvalue weighted by atomic mass is 32.2. The SMILES string of the molecule is Cc1nc(CSc2nnc(Cn3nnc(-c4ccsc4)n3)o2)oc1C. The van der Waals surface area contributed by atoms with Crippen molar-refractivity contribution in [3.8, 4) is 11.4 Å². The summed E-state index contributed by atoms with van der Waals surface area (Å²) in [5.41, 5.74) is 1.83. The van der Waals surface area contributed by atoms with Crippen molar-refractivity contribution in [1.29, 1.82) is 0 Å². The molecule has 4 aromatic heterocycles. The summed E-state index contributed by atoms with van der Waals surface area (Å²) in [5, 5.41) is 24.7. The van der Waals surface area contributed by atoms with Crippen molar-refractivity contribution < 1.29 is 8.83 Å². The smallest absolute Gasteiger partial charge is 0.277 e. The Labute approximate surface area is 150 Å². The Hall–Kier alpha value is -2.53. The van der Waals surface area contributed by atoms with Crippen LogP contribution in [0.4, 0.5) is 0 Å². The van der Waals surface area contributed by atoms with Crippen molar-refractivity contribution in [2.75, 3.05) is 0 Å². The van der Waals surface area contributed by atoms with Crippen molar-refractivity contribution in [1.82, 2.24) is 35.4 Å². The molecule has 0 atom stereocenters. The fourth-order valence-electron chi connectivity index (χ4n) is 2.02. The Morgan fingerprint density at radius 1 is 1.16 bits per heavy atom. The molecule has 4 heterocycles. The molecule has 0 radical (unpaired) electrons. The van der Waals surface area contributed by atoms with E-state index in [1.54, 1.807) is 11.3 Å². The monoisotopic (exact) mass is 375 g/mol. The normalized spacial score (nSPS) is 11.3. The second kappa shape index (κ2) is 6.76. The maximum Gasteiger partial charge on any atom is 0.277 e. The van der Waals surface area contributed by atoms with E-state index in [2.05, 4.69) is 30.6 Å². The predicted molar refractivity (Wildman–Crippen MR) is 90.1 cm³/mol. The van der Waals surface area contributed by atoms with Gasteiger partial charge >= 0.3 is 0 Å². The molecule has 0 N–H and O–H groups in total. The topological polar surface area (TPSA) is 109 Å². The lowest BCUT2D eigenvalue weighted by molar-refractivity contribution is 0.385. The summed E-state index contributed by atoms with van der Waals surface area (Å²) < 4.78 is 11.1. The Kier molecular flexibility index (Phi) is 4.32. The molecule has 0 aromatic carbocycles. The first-order valence-electron chi connectivity index (χ1n) is 7.36. The number of aryl methyl sites for hydroxylation is 2. The quantitative estimate of drug-likeness (QED) is 0.470. The van der Waals surface area contributed by atoms with E-state index in [0.29, 0.717) is 28.6 Å². The summed E-state index contributed by atoms with van der Waals surface area (Å²) in [4.78, 5) is 5.74. The largest absolute Gasteiger partial charge is 0.445 e. The summed E-state index contributed by atoms with van der Waals surface area (Å²) in [5.74, 6) is 2.97. The molecule has 11 heteroatoms. The molecule has 0 spiro atoms. The number of oxazole rings is 1. The first-order valence-corrected chi connectivity index (χ1v) is 9.28. The van der Waals surface area contributed by atoms with E-state index in [1.165, 1.54) is 16.6 Å². The Balaban J connectivity index is 1.38. The van der Waals surface area contributed by atoms with E-state index in [4.69, 9.17) is 8.83 Å². The summed E-state index contributed by atoms with van der Waals surface area (Å²) >= 11 is 2.95. The highest BCUT2D eigenvalue weighted by Gasteiger charge is 2.13. The van der Waals surface area contributed by atoms with Crippen LogP contribution in [0.15, 0.2) is 30.9 Å². The molecule has 0 aliphatic heterocycles. The van der Waals surface area contributed by atoms with E-state index in [0.717, 1.165) is 17.0 Å². The second-order valence-electron chi connectivity index (χ2n) is 5.16. The van der Waals surface area contributed by atoms with Crippen LogP contribution in [0.3, 0.4) is 0 Å². The van der Waals surface area contributed by atoms with Gasteiger partial charge in [0.25, 0.3) is 5.22 Å². The maximum absolute atomic E-state index is 5.59. The zero-order chi connectivity index (χ0) is 17.2. The van der Waals surface area contributed by atoms with Crippen LogP contribution in [0.5, 0.6) is 0 Å². The van der Waals surface area contributed by atoms with Crippen LogP contribution in [0.2, 0.25) is 0 Å². The number of tetrazole rings is 1. The molecule has 0 fully saturated rings. The van der Waals surface area contributed by atoms with Crippen LogP contribution in [0.1, 0.15) is 23.2 Å². The van der Waals surface area contributed by atoms with Gasteiger partial charge in [0.05, 0.1) is 11.4 Å². The number of nitrogens with zero attached hydrogens (tertiary/aromatic N) is 7. The van der Waals surface area contributed by atoms with E-state index >= 15 is 0 Å². The van der Waals surface area contributed by atoms with E-state index in [9.17, 15) is 0 Å². The lowest BCUT2D eigenvalue weighted by Gasteiger charge is -1.93. The van der Waals surface area contributed by atoms with E-state index < -0.39 is 0 Å². The van der Waals surface area contributed by atoms with Gasteiger partial charge in [-0.1, -0.05) is 11.8 Å². The number of thiophene rings is 1. The zero-order valence-corrected chi connectivity index (χ0v) is 15.0. The van der Waals surface area contributed by atoms with Crippen molar-refractivity contribution in [3.63, 3.8) is 0 Å². The minimum Gasteiger partial charge on any atom is -0.445 e. The average molecular weight is 375 g/mol. The molecular weight excluding hydrogens is 362 g/mol. The molecule has 4 rings (SSSR count). The van der Waals surface area contributed by atoms with Gasteiger partial charge in [-0.05, 0) is 30.5 Å². The van der Waals surface area contributed by atoms with Crippen LogP contribution in [-0.4, -0.2) is 35.4 Å². The molecule has 0 aliphatic carbocycles. The van der Waals surface area contributed by atoms with Gasteiger partial charge in [0.1, 0.15) is 12.3 Å². The molecule has 0 aliphatic rings. The molecule has 25 heavy (non-hydrogen) atoms. The average Bonchev–Trinajstić information content (AvgIpc) is 3.36. The molecule has 0 saturated carbocycles. The number of thioether (sulfide) groups is 1. The molecule has 0 saturated heterocycles. The van der Waals surface area contributed by atoms with Gasteiger partial charge in [-0.25, -0.2) is 4.98 Å². The Bertz CT molecular complexity index is 954. The Morgan fingerprint density at radius 2 is 2.08 bits per heavy atom. The summed E-state index contributed by atoms with van der Waals surface area (Å²) in [6.45, 7) is 4.06. The third-order valence-electron chi connectivity index (χ3n) is 3.35. The summed E-state index contributed by atoms with van der Waals surface area (Å²) in [6, 6.07) is 1.94. The van der Waals surface area contributed by atoms with Crippen molar-refractivity contribution in [3.05, 3.63) is 40.1 Å². The van der Waals surface area contributed by atoms with Gasteiger partial charge < -0.3 is 8.83 Å². The molecule has 0 amide bonds. The minimum absolute atomic E-state index is 0.266. The molecule has 128 valence electrons. The zero-order valence-electron chi connectivity index (χ0n) is 13.4. The van der Waals surface area contributed by atoms with Crippen LogP contribution in [0.25, 0.3) is 11.4 Å².